The summed E-state index contributed by atoms with van der Waals surface area (Å²) < 4.78 is 0. The summed E-state index contributed by atoms with van der Waals surface area (Å²) in [6.45, 7) is 2.13. The topological polar surface area (TPSA) is 87.5 Å². The molecule has 0 aliphatic carbocycles. The van der Waals surface area contributed by atoms with Crippen molar-refractivity contribution in [3.63, 3.8) is 0 Å². The third-order valence-electron chi connectivity index (χ3n) is 4.90. The Morgan fingerprint density at radius 1 is 1.30 bits per heavy atom. The maximum atomic E-state index is 12.5. The van der Waals surface area contributed by atoms with Crippen LogP contribution >= 0.6 is 0 Å². The number of anilines is 1. The quantitative estimate of drug-likeness (QED) is 0.655. The van der Waals surface area contributed by atoms with Gasteiger partial charge in [0.1, 0.15) is 5.69 Å². The van der Waals surface area contributed by atoms with Gasteiger partial charge in [-0.2, -0.15) is 0 Å². The molecule has 3 rings (SSSR count). The van der Waals surface area contributed by atoms with Gasteiger partial charge in [-0.1, -0.05) is 6.42 Å². The minimum atomic E-state index is -0.471. The van der Waals surface area contributed by atoms with Crippen LogP contribution in [0.15, 0.2) is 18.2 Å². The second-order valence-electron chi connectivity index (χ2n) is 6.21. The van der Waals surface area contributed by atoms with E-state index in [4.69, 9.17) is 0 Å². The molecule has 2 aliphatic heterocycles. The fourth-order valence-corrected chi connectivity index (χ4v) is 3.70. The lowest BCUT2D eigenvalue weighted by Crippen LogP contribution is -2.46. The molecule has 1 aromatic carbocycles. The van der Waals surface area contributed by atoms with Crippen molar-refractivity contribution in [2.75, 3.05) is 25.5 Å². The summed E-state index contributed by atoms with van der Waals surface area (Å²) in [5.41, 5.74) is 0.668. The number of carbonyl (C=O) groups is 1. The molecule has 2 saturated heterocycles. The lowest BCUT2D eigenvalue weighted by atomic mass is 9.98. The van der Waals surface area contributed by atoms with Crippen LogP contribution in [-0.2, 0) is 0 Å². The predicted molar refractivity (Wildman–Crippen MR) is 87.7 cm³/mol. The minimum absolute atomic E-state index is 0.0779. The maximum Gasteiger partial charge on any atom is 0.293 e. The number of benzene rings is 1. The molecule has 2 heterocycles. The molecule has 2 N–H and O–H groups in total. The van der Waals surface area contributed by atoms with Gasteiger partial charge in [-0.25, -0.2) is 0 Å². The number of nitrogens with one attached hydrogen (secondary N) is 2. The number of hydrogen-bond donors (Lipinski definition) is 2. The number of piperidine rings is 1. The predicted octanol–water partition coefficient (Wildman–Crippen LogP) is 1.99. The molecule has 1 amide bonds. The van der Waals surface area contributed by atoms with Gasteiger partial charge >= 0.3 is 0 Å². The van der Waals surface area contributed by atoms with E-state index in [0.717, 1.165) is 25.9 Å². The van der Waals surface area contributed by atoms with E-state index in [-0.39, 0.29) is 17.6 Å². The summed E-state index contributed by atoms with van der Waals surface area (Å²) in [6.07, 6.45) is 4.50. The van der Waals surface area contributed by atoms with Crippen LogP contribution in [0.5, 0.6) is 0 Å². The molecule has 1 aromatic rings. The Morgan fingerprint density at radius 2 is 2.13 bits per heavy atom. The molecule has 7 heteroatoms. The standard InChI is InChI=1S/C16H22N4O3/c1-17-12-6-5-11(10-15(12)20(22)23)16(21)18-13-7-9-19-8-3-2-4-14(13)19/h5-6,10,13-14,17H,2-4,7-9H2,1H3,(H,18,21)/t13-,14+/m1/s1. The lowest BCUT2D eigenvalue weighted by molar-refractivity contribution is -0.384. The smallest absolute Gasteiger partial charge is 0.293 e. The summed E-state index contributed by atoms with van der Waals surface area (Å²) >= 11 is 0. The molecular weight excluding hydrogens is 296 g/mol. The average molecular weight is 318 g/mol. The van der Waals surface area contributed by atoms with E-state index in [9.17, 15) is 14.9 Å². The highest BCUT2D eigenvalue weighted by Crippen LogP contribution is 2.28. The Labute approximate surface area is 135 Å². The van der Waals surface area contributed by atoms with E-state index in [1.807, 2.05) is 0 Å². The van der Waals surface area contributed by atoms with Crippen molar-refractivity contribution in [1.82, 2.24) is 10.2 Å². The molecule has 7 nitrogen and oxygen atoms in total. The first kappa shape index (κ1) is 15.7. The number of rotatable bonds is 4. The number of nitro benzene ring substituents is 1. The van der Waals surface area contributed by atoms with E-state index in [1.54, 1.807) is 19.2 Å². The van der Waals surface area contributed by atoms with Crippen molar-refractivity contribution >= 4 is 17.3 Å². The molecule has 0 saturated carbocycles. The zero-order chi connectivity index (χ0) is 16.4. The highest BCUT2D eigenvalue weighted by molar-refractivity contribution is 5.96. The van der Waals surface area contributed by atoms with E-state index >= 15 is 0 Å². The van der Waals surface area contributed by atoms with Crippen molar-refractivity contribution in [3.05, 3.63) is 33.9 Å². The van der Waals surface area contributed by atoms with Gasteiger partial charge in [0, 0.05) is 37.3 Å². The third kappa shape index (κ3) is 3.14. The monoisotopic (exact) mass is 318 g/mol. The Bertz CT molecular complexity index is 619. The second-order valence-corrected chi connectivity index (χ2v) is 6.21. The van der Waals surface area contributed by atoms with Crippen LogP contribution in [0.4, 0.5) is 11.4 Å². The number of nitrogens with zero attached hydrogens (tertiary/aromatic N) is 2. The van der Waals surface area contributed by atoms with Gasteiger partial charge in [-0.15, -0.1) is 0 Å². The van der Waals surface area contributed by atoms with Crippen LogP contribution < -0.4 is 10.6 Å². The molecule has 2 aliphatic rings. The molecule has 23 heavy (non-hydrogen) atoms. The van der Waals surface area contributed by atoms with Gasteiger partial charge < -0.3 is 10.6 Å². The summed E-state index contributed by atoms with van der Waals surface area (Å²) in [6, 6.07) is 5.11. The van der Waals surface area contributed by atoms with Crippen LogP contribution in [0.2, 0.25) is 0 Å². The SMILES string of the molecule is CNc1ccc(C(=O)N[C@@H]2CCN3CCCC[C@@H]23)cc1[N+](=O)[O-]. The van der Waals surface area contributed by atoms with Gasteiger partial charge in [-0.05, 0) is 37.9 Å². The van der Waals surface area contributed by atoms with E-state index in [2.05, 4.69) is 15.5 Å². The maximum absolute atomic E-state index is 12.5. The first-order valence-electron chi connectivity index (χ1n) is 8.11. The van der Waals surface area contributed by atoms with Crippen molar-refractivity contribution < 1.29 is 9.72 Å². The minimum Gasteiger partial charge on any atom is -0.383 e. The number of amides is 1. The van der Waals surface area contributed by atoms with Gasteiger partial charge in [-0.3, -0.25) is 19.8 Å². The Hall–Kier alpha value is -2.15. The van der Waals surface area contributed by atoms with Crippen molar-refractivity contribution in [3.8, 4) is 0 Å². The highest BCUT2D eigenvalue weighted by atomic mass is 16.6. The molecule has 0 radical (unpaired) electrons. The van der Waals surface area contributed by atoms with Gasteiger partial charge in [0.05, 0.1) is 4.92 Å². The molecule has 0 spiro atoms. The third-order valence-corrected chi connectivity index (χ3v) is 4.90. The van der Waals surface area contributed by atoms with E-state index in [0.29, 0.717) is 17.3 Å². The molecule has 0 unspecified atom stereocenters. The molecule has 2 fully saturated rings. The van der Waals surface area contributed by atoms with E-state index < -0.39 is 4.92 Å². The number of fused-ring (bicyclic) bond motifs is 1. The van der Waals surface area contributed by atoms with Crippen LogP contribution in [0.25, 0.3) is 0 Å². The Balaban J connectivity index is 1.73. The molecular formula is C16H22N4O3. The van der Waals surface area contributed by atoms with Crippen molar-refractivity contribution in [2.45, 2.75) is 37.8 Å². The fraction of sp³-hybridized carbons (Fsp3) is 0.562. The van der Waals surface area contributed by atoms with Crippen LogP contribution in [0, 0.1) is 10.1 Å². The van der Waals surface area contributed by atoms with Gasteiger partial charge in [0.15, 0.2) is 0 Å². The Morgan fingerprint density at radius 3 is 2.87 bits per heavy atom. The van der Waals surface area contributed by atoms with Crippen molar-refractivity contribution in [1.29, 1.82) is 0 Å². The second kappa shape index (κ2) is 6.54. The van der Waals surface area contributed by atoms with Gasteiger partial charge in [0.2, 0.25) is 0 Å². The molecule has 124 valence electrons. The van der Waals surface area contributed by atoms with Crippen LogP contribution in [0.1, 0.15) is 36.0 Å². The summed E-state index contributed by atoms with van der Waals surface area (Å²) in [5, 5.41) is 17.0. The van der Waals surface area contributed by atoms with Gasteiger partial charge in [0.25, 0.3) is 11.6 Å². The van der Waals surface area contributed by atoms with E-state index in [1.165, 1.54) is 18.9 Å². The van der Waals surface area contributed by atoms with Crippen LogP contribution in [-0.4, -0.2) is 48.0 Å². The fourth-order valence-electron chi connectivity index (χ4n) is 3.70. The largest absolute Gasteiger partial charge is 0.383 e. The first-order valence-corrected chi connectivity index (χ1v) is 8.11. The molecule has 0 bridgehead atoms. The van der Waals surface area contributed by atoms with Crippen LogP contribution in [0.3, 0.4) is 0 Å². The highest BCUT2D eigenvalue weighted by Gasteiger charge is 2.36. The summed E-state index contributed by atoms with van der Waals surface area (Å²) in [7, 11) is 1.62. The Kier molecular flexibility index (Phi) is 4.47. The summed E-state index contributed by atoms with van der Waals surface area (Å²) in [4.78, 5) is 25.6. The average Bonchev–Trinajstić information content (AvgIpc) is 2.97. The molecule has 0 aromatic heterocycles. The zero-order valence-electron chi connectivity index (χ0n) is 13.2. The normalized spacial score (nSPS) is 24.0. The zero-order valence-corrected chi connectivity index (χ0v) is 13.2. The number of carbonyl (C=O) groups excluding carboxylic acids is 1. The van der Waals surface area contributed by atoms with Crippen molar-refractivity contribution in [2.24, 2.45) is 0 Å². The lowest BCUT2D eigenvalue weighted by Gasteiger charge is -2.32. The number of nitro groups is 1. The first-order chi connectivity index (χ1) is 11.1. The summed E-state index contributed by atoms with van der Waals surface area (Å²) in [5.74, 6) is -0.229. The number of hydrogen-bond acceptors (Lipinski definition) is 5. The molecule has 2 atom stereocenters.